The maximum atomic E-state index is 11.9. The first-order chi connectivity index (χ1) is 10.3. The second-order valence-electron chi connectivity index (χ2n) is 6.71. The Balaban J connectivity index is 2.21. The molecule has 1 aromatic carbocycles. The van der Waals surface area contributed by atoms with Gasteiger partial charge in [0.05, 0.1) is 12.6 Å². The van der Waals surface area contributed by atoms with Gasteiger partial charge in [-0.25, -0.2) is 9.48 Å². The molecular formula is C16H24N2O3Si. The van der Waals surface area contributed by atoms with E-state index in [9.17, 15) is 4.79 Å². The van der Waals surface area contributed by atoms with Crippen LogP contribution in [-0.2, 0) is 16.2 Å². The summed E-state index contributed by atoms with van der Waals surface area (Å²) in [6, 6.07) is 6.99. The van der Waals surface area contributed by atoms with Gasteiger partial charge in [0, 0.05) is 20.1 Å². The number of hydrogen-bond donors (Lipinski definition) is 0. The summed E-state index contributed by atoms with van der Waals surface area (Å²) in [5.41, 5.74) is 2.35. The van der Waals surface area contributed by atoms with E-state index < -0.39 is 14.0 Å². The molecule has 0 fully saturated rings. The van der Waals surface area contributed by atoms with Crippen LogP contribution in [0.2, 0.25) is 25.7 Å². The van der Waals surface area contributed by atoms with Crippen molar-refractivity contribution in [3.05, 3.63) is 29.5 Å². The average molecular weight is 320 g/mol. The van der Waals surface area contributed by atoms with Crippen molar-refractivity contribution in [3.8, 4) is 0 Å². The monoisotopic (exact) mass is 320 g/mol. The molecule has 0 aliphatic rings. The Morgan fingerprint density at radius 2 is 2.05 bits per heavy atom. The Morgan fingerprint density at radius 3 is 2.68 bits per heavy atom. The molecule has 22 heavy (non-hydrogen) atoms. The number of nitrogens with zero attached hydrogens (tertiary/aromatic N) is 2. The van der Waals surface area contributed by atoms with Crippen LogP contribution in [0.3, 0.4) is 0 Å². The molecule has 0 atom stereocenters. The molecule has 6 heteroatoms. The van der Waals surface area contributed by atoms with E-state index in [0.717, 1.165) is 29.1 Å². The number of ether oxygens (including phenoxy) is 2. The number of methoxy groups -OCH3 is 1. The van der Waals surface area contributed by atoms with Crippen molar-refractivity contribution >= 4 is 24.9 Å². The highest BCUT2D eigenvalue weighted by Crippen LogP contribution is 2.21. The van der Waals surface area contributed by atoms with Crippen molar-refractivity contribution < 1.29 is 14.3 Å². The van der Waals surface area contributed by atoms with Crippen molar-refractivity contribution in [2.24, 2.45) is 0 Å². The Kier molecular flexibility index (Phi) is 5.03. The van der Waals surface area contributed by atoms with E-state index in [4.69, 9.17) is 9.47 Å². The van der Waals surface area contributed by atoms with Gasteiger partial charge in [0.1, 0.15) is 6.73 Å². The highest BCUT2D eigenvalue weighted by atomic mass is 28.3. The molecule has 1 aromatic heterocycles. The van der Waals surface area contributed by atoms with E-state index >= 15 is 0 Å². The number of carbonyl (C=O) groups excluding carboxylic acids is 1. The van der Waals surface area contributed by atoms with E-state index in [-0.39, 0.29) is 0 Å². The van der Waals surface area contributed by atoms with E-state index in [2.05, 4.69) is 24.7 Å². The summed E-state index contributed by atoms with van der Waals surface area (Å²) in [5.74, 6) is -0.422. The van der Waals surface area contributed by atoms with Crippen molar-refractivity contribution in [1.82, 2.24) is 9.78 Å². The first-order valence-corrected chi connectivity index (χ1v) is 11.2. The summed E-state index contributed by atoms with van der Waals surface area (Å²) in [6.07, 6.45) is 0. The van der Waals surface area contributed by atoms with Gasteiger partial charge < -0.3 is 9.47 Å². The second-order valence-corrected chi connectivity index (χ2v) is 12.3. The second kappa shape index (κ2) is 6.62. The van der Waals surface area contributed by atoms with Gasteiger partial charge in [0.15, 0.2) is 5.69 Å². The number of rotatable bonds is 6. The molecule has 2 aromatic rings. The van der Waals surface area contributed by atoms with Crippen molar-refractivity contribution in [3.63, 3.8) is 0 Å². The Morgan fingerprint density at radius 1 is 1.32 bits per heavy atom. The lowest BCUT2D eigenvalue weighted by atomic mass is 10.1. The molecule has 0 saturated heterocycles. The molecule has 0 radical (unpaired) electrons. The fourth-order valence-corrected chi connectivity index (χ4v) is 2.92. The van der Waals surface area contributed by atoms with Crippen LogP contribution in [0.5, 0.6) is 0 Å². The fraction of sp³-hybridized carbons (Fsp3) is 0.500. The van der Waals surface area contributed by atoms with Gasteiger partial charge >= 0.3 is 5.97 Å². The molecule has 0 spiro atoms. The topological polar surface area (TPSA) is 53.3 Å². The largest absolute Gasteiger partial charge is 0.464 e. The van der Waals surface area contributed by atoms with E-state index in [1.54, 1.807) is 4.68 Å². The Labute approximate surface area is 132 Å². The molecule has 0 aliphatic carbocycles. The maximum Gasteiger partial charge on any atom is 0.359 e. The number of hydrogen-bond acceptors (Lipinski definition) is 4. The molecule has 0 aliphatic heterocycles. The summed E-state index contributed by atoms with van der Waals surface area (Å²) in [4.78, 5) is 11.9. The zero-order valence-electron chi connectivity index (χ0n) is 14.0. The third-order valence-electron chi connectivity index (χ3n) is 3.50. The third kappa shape index (κ3) is 3.95. The highest BCUT2D eigenvalue weighted by molar-refractivity contribution is 6.76. The van der Waals surface area contributed by atoms with Crippen LogP contribution >= 0.6 is 0 Å². The van der Waals surface area contributed by atoms with Crippen molar-refractivity contribution in [2.75, 3.05) is 13.7 Å². The Hall–Kier alpha value is -1.66. The summed E-state index contributed by atoms with van der Waals surface area (Å²) in [7, 11) is 0.262. The van der Waals surface area contributed by atoms with Gasteiger partial charge in [0.2, 0.25) is 0 Å². The lowest BCUT2D eigenvalue weighted by Crippen LogP contribution is -2.22. The molecule has 120 valence electrons. The number of fused-ring (bicyclic) bond motifs is 1. The number of carbonyl (C=O) groups is 1. The van der Waals surface area contributed by atoms with E-state index in [0.29, 0.717) is 12.4 Å². The summed E-state index contributed by atoms with van der Waals surface area (Å²) >= 11 is 0. The van der Waals surface area contributed by atoms with Gasteiger partial charge in [-0.15, -0.1) is 0 Å². The van der Waals surface area contributed by atoms with Crippen LogP contribution in [0.1, 0.15) is 16.1 Å². The van der Waals surface area contributed by atoms with Crippen LogP contribution < -0.4 is 0 Å². The molecule has 0 amide bonds. The van der Waals surface area contributed by atoms with E-state index in [1.807, 2.05) is 25.1 Å². The minimum atomic E-state index is -1.11. The summed E-state index contributed by atoms with van der Waals surface area (Å²) < 4.78 is 12.3. The molecule has 5 nitrogen and oxygen atoms in total. The first-order valence-electron chi connectivity index (χ1n) is 7.45. The van der Waals surface area contributed by atoms with Crippen molar-refractivity contribution in [2.45, 2.75) is 39.3 Å². The quantitative estimate of drug-likeness (QED) is 0.465. The lowest BCUT2D eigenvalue weighted by molar-refractivity contribution is 0.0585. The van der Waals surface area contributed by atoms with Crippen LogP contribution in [0, 0.1) is 6.92 Å². The zero-order chi connectivity index (χ0) is 16.3. The minimum Gasteiger partial charge on any atom is -0.464 e. The highest BCUT2D eigenvalue weighted by Gasteiger charge is 2.18. The average Bonchev–Trinajstić information content (AvgIpc) is 2.80. The van der Waals surface area contributed by atoms with Crippen LogP contribution in [0.4, 0.5) is 0 Å². The smallest absolute Gasteiger partial charge is 0.359 e. The number of benzene rings is 1. The molecular weight excluding hydrogens is 296 g/mol. The lowest BCUT2D eigenvalue weighted by Gasteiger charge is -2.15. The number of aromatic nitrogens is 2. The third-order valence-corrected chi connectivity index (χ3v) is 5.20. The van der Waals surface area contributed by atoms with Crippen LogP contribution in [0.25, 0.3) is 10.9 Å². The Bertz CT molecular complexity index is 674. The summed E-state index contributed by atoms with van der Waals surface area (Å²) in [5, 5.41) is 5.16. The molecule has 0 bridgehead atoms. The standard InChI is InChI=1S/C16H24N2O3Si/c1-12-6-7-13-14(10-12)18(17-15(13)16(19)20-2)11-21-8-9-22(3,4)5/h6-7,10H,8-9,11H2,1-5H3. The molecule has 0 N–H and O–H groups in total. The van der Waals surface area contributed by atoms with Gasteiger partial charge in [-0.1, -0.05) is 31.8 Å². The molecule has 2 rings (SSSR count). The normalized spacial score (nSPS) is 11.9. The van der Waals surface area contributed by atoms with Gasteiger partial charge in [-0.05, 0) is 24.6 Å². The zero-order valence-corrected chi connectivity index (χ0v) is 15.0. The first kappa shape index (κ1) is 16.7. The van der Waals surface area contributed by atoms with Crippen LogP contribution in [-0.4, -0.2) is 37.5 Å². The SMILES string of the molecule is COC(=O)c1nn(COCC[Si](C)(C)C)c2cc(C)ccc12. The van der Waals surface area contributed by atoms with Gasteiger partial charge in [-0.2, -0.15) is 5.10 Å². The van der Waals surface area contributed by atoms with Gasteiger partial charge in [0.25, 0.3) is 0 Å². The maximum absolute atomic E-state index is 11.9. The predicted octanol–water partition coefficient (Wildman–Crippen LogP) is 3.44. The fourth-order valence-electron chi connectivity index (χ4n) is 2.16. The summed E-state index contributed by atoms with van der Waals surface area (Å²) in [6.45, 7) is 10.0. The van der Waals surface area contributed by atoms with E-state index in [1.165, 1.54) is 7.11 Å². The number of aryl methyl sites for hydroxylation is 1. The van der Waals surface area contributed by atoms with Gasteiger partial charge in [-0.3, -0.25) is 0 Å². The minimum absolute atomic E-state index is 0.339. The number of esters is 1. The molecule has 0 saturated carbocycles. The molecule has 0 unspecified atom stereocenters. The molecule has 1 heterocycles. The van der Waals surface area contributed by atoms with Crippen LogP contribution in [0.15, 0.2) is 18.2 Å². The van der Waals surface area contributed by atoms with Crippen molar-refractivity contribution in [1.29, 1.82) is 0 Å². The predicted molar refractivity (Wildman–Crippen MR) is 89.9 cm³/mol.